The summed E-state index contributed by atoms with van der Waals surface area (Å²) in [5.41, 5.74) is 0. The number of nitrogens with one attached hydrogen (secondary N) is 1. The predicted molar refractivity (Wildman–Crippen MR) is 66.5 cm³/mol. The summed E-state index contributed by atoms with van der Waals surface area (Å²) in [6, 6.07) is 2.43. The Morgan fingerprint density at radius 2 is 2.11 bits per heavy atom. The number of carboxylic acid groups (broad SMARTS) is 1. The fourth-order valence-electron chi connectivity index (χ4n) is 1.58. The van der Waals surface area contributed by atoms with E-state index in [4.69, 9.17) is 9.52 Å². The lowest BCUT2D eigenvalue weighted by Crippen LogP contribution is -2.40. The predicted octanol–water partition coefficient (Wildman–Crippen LogP) is 2.22. The van der Waals surface area contributed by atoms with Gasteiger partial charge in [-0.3, -0.25) is 4.79 Å². The minimum absolute atomic E-state index is 0.162. The van der Waals surface area contributed by atoms with Crippen molar-refractivity contribution in [2.75, 3.05) is 0 Å². The Kier molecular flexibility index (Phi) is 5.42. The van der Waals surface area contributed by atoms with Gasteiger partial charge < -0.3 is 14.8 Å². The molecule has 0 unspecified atom stereocenters. The first-order valence-electron chi connectivity index (χ1n) is 6.20. The molecule has 5 nitrogen and oxygen atoms in total. The number of hydrogen-bond acceptors (Lipinski definition) is 3. The lowest BCUT2D eigenvalue weighted by atomic mass is 10.1. The third kappa shape index (κ3) is 3.91. The molecule has 0 radical (unpaired) electrons. The zero-order valence-electron chi connectivity index (χ0n) is 10.7. The van der Waals surface area contributed by atoms with Crippen LogP contribution in [-0.2, 0) is 11.2 Å². The van der Waals surface area contributed by atoms with Crippen molar-refractivity contribution in [2.24, 2.45) is 0 Å². The Bertz CT molecular complexity index is 411. The maximum atomic E-state index is 11.8. The maximum absolute atomic E-state index is 11.8. The van der Waals surface area contributed by atoms with Gasteiger partial charge >= 0.3 is 5.97 Å². The minimum Gasteiger partial charge on any atom is -0.480 e. The van der Waals surface area contributed by atoms with Gasteiger partial charge in [-0.2, -0.15) is 0 Å². The third-order valence-corrected chi connectivity index (χ3v) is 2.68. The number of hydrogen-bond donors (Lipinski definition) is 2. The topological polar surface area (TPSA) is 79.5 Å². The molecule has 0 bridgehead atoms. The van der Waals surface area contributed by atoms with Gasteiger partial charge in [0.15, 0.2) is 5.76 Å². The quantitative estimate of drug-likeness (QED) is 0.780. The van der Waals surface area contributed by atoms with E-state index in [2.05, 4.69) is 5.32 Å². The van der Waals surface area contributed by atoms with Gasteiger partial charge in [0, 0.05) is 6.42 Å². The fraction of sp³-hybridized carbons (Fsp3) is 0.538. The highest BCUT2D eigenvalue weighted by atomic mass is 16.4. The highest BCUT2D eigenvalue weighted by Crippen LogP contribution is 2.09. The first-order chi connectivity index (χ1) is 8.58. The van der Waals surface area contributed by atoms with Gasteiger partial charge in [0.05, 0.1) is 0 Å². The lowest BCUT2D eigenvalue weighted by molar-refractivity contribution is -0.139. The number of rotatable bonds is 7. The van der Waals surface area contributed by atoms with Gasteiger partial charge in [0.25, 0.3) is 5.91 Å². The van der Waals surface area contributed by atoms with Crippen LogP contribution < -0.4 is 5.32 Å². The van der Waals surface area contributed by atoms with Crippen LogP contribution in [0.2, 0.25) is 0 Å². The van der Waals surface area contributed by atoms with Crippen molar-refractivity contribution in [2.45, 2.75) is 45.6 Å². The Hall–Kier alpha value is -1.78. The Morgan fingerprint density at radius 3 is 2.61 bits per heavy atom. The molecule has 0 fully saturated rings. The van der Waals surface area contributed by atoms with Crippen LogP contribution >= 0.6 is 0 Å². The number of carbonyl (C=O) groups excluding carboxylic acids is 1. The lowest BCUT2D eigenvalue weighted by Gasteiger charge is -2.12. The summed E-state index contributed by atoms with van der Waals surface area (Å²) in [5, 5.41) is 11.5. The molecule has 18 heavy (non-hydrogen) atoms. The van der Waals surface area contributed by atoms with Crippen LogP contribution in [0, 0.1) is 0 Å². The summed E-state index contributed by atoms with van der Waals surface area (Å²) >= 11 is 0. The van der Waals surface area contributed by atoms with Crippen molar-refractivity contribution in [3.05, 3.63) is 23.7 Å². The number of aliphatic carboxylic acids is 1. The summed E-state index contributed by atoms with van der Waals surface area (Å²) in [6.45, 7) is 3.89. The van der Waals surface area contributed by atoms with Crippen LogP contribution in [0.1, 0.15) is 49.4 Å². The van der Waals surface area contributed by atoms with E-state index in [1.165, 1.54) is 0 Å². The van der Waals surface area contributed by atoms with E-state index in [1.807, 2.05) is 13.8 Å². The number of unbranched alkanes of at least 4 members (excludes halogenated alkanes) is 1. The smallest absolute Gasteiger partial charge is 0.326 e. The summed E-state index contributed by atoms with van der Waals surface area (Å²) < 4.78 is 5.27. The fourth-order valence-corrected chi connectivity index (χ4v) is 1.58. The number of aryl methyl sites for hydroxylation is 1. The van der Waals surface area contributed by atoms with E-state index in [0.29, 0.717) is 18.6 Å². The summed E-state index contributed by atoms with van der Waals surface area (Å²) in [6.07, 6.45) is 2.78. The SMILES string of the molecule is CCCC[C@H](NC(=O)c1ccc(CC)o1)C(=O)O. The third-order valence-electron chi connectivity index (χ3n) is 2.68. The van der Waals surface area contributed by atoms with Crippen molar-refractivity contribution in [3.8, 4) is 0 Å². The summed E-state index contributed by atoms with van der Waals surface area (Å²) in [4.78, 5) is 22.8. The zero-order valence-corrected chi connectivity index (χ0v) is 10.7. The molecule has 1 atom stereocenters. The van der Waals surface area contributed by atoms with Crippen LogP contribution in [0.25, 0.3) is 0 Å². The van der Waals surface area contributed by atoms with Crippen molar-refractivity contribution in [3.63, 3.8) is 0 Å². The van der Waals surface area contributed by atoms with E-state index in [-0.39, 0.29) is 5.76 Å². The molecule has 100 valence electrons. The molecule has 1 rings (SSSR count). The van der Waals surface area contributed by atoms with Crippen LogP contribution in [0.15, 0.2) is 16.5 Å². The van der Waals surface area contributed by atoms with Crippen molar-refractivity contribution >= 4 is 11.9 Å². The molecule has 2 N–H and O–H groups in total. The van der Waals surface area contributed by atoms with E-state index in [9.17, 15) is 9.59 Å². The normalized spacial score (nSPS) is 12.1. The van der Waals surface area contributed by atoms with Gasteiger partial charge in [-0.25, -0.2) is 4.79 Å². The molecule has 5 heteroatoms. The number of amides is 1. The summed E-state index contributed by atoms with van der Waals surface area (Å²) in [5.74, 6) is -0.618. The van der Waals surface area contributed by atoms with Gasteiger partial charge in [0.2, 0.25) is 0 Å². The molecule has 0 aliphatic rings. The van der Waals surface area contributed by atoms with Crippen LogP contribution in [-0.4, -0.2) is 23.0 Å². The molecule has 1 heterocycles. The summed E-state index contributed by atoms with van der Waals surface area (Å²) in [7, 11) is 0. The van der Waals surface area contributed by atoms with E-state index in [1.54, 1.807) is 12.1 Å². The van der Waals surface area contributed by atoms with E-state index >= 15 is 0 Å². The van der Waals surface area contributed by atoms with Gasteiger partial charge in [-0.15, -0.1) is 0 Å². The molecule has 0 aliphatic carbocycles. The molecular formula is C13H19NO4. The van der Waals surface area contributed by atoms with Gasteiger partial charge in [0.1, 0.15) is 11.8 Å². The second-order valence-electron chi connectivity index (χ2n) is 4.13. The van der Waals surface area contributed by atoms with Crippen LogP contribution in [0.3, 0.4) is 0 Å². The average Bonchev–Trinajstić information content (AvgIpc) is 2.82. The molecule has 1 aromatic heterocycles. The van der Waals surface area contributed by atoms with E-state index < -0.39 is 17.9 Å². The molecule has 0 saturated heterocycles. The van der Waals surface area contributed by atoms with Crippen LogP contribution in [0.5, 0.6) is 0 Å². The Labute approximate surface area is 106 Å². The van der Waals surface area contributed by atoms with E-state index in [0.717, 1.165) is 12.8 Å². The monoisotopic (exact) mass is 253 g/mol. The maximum Gasteiger partial charge on any atom is 0.326 e. The molecule has 1 aromatic rings. The minimum atomic E-state index is -1.01. The Balaban J connectivity index is 2.62. The molecule has 0 spiro atoms. The van der Waals surface area contributed by atoms with Gasteiger partial charge in [-0.05, 0) is 18.6 Å². The molecule has 0 aliphatic heterocycles. The van der Waals surface area contributed by atoms with Crippen molar-refractivity contribution in [1.82, 2.24) is 5.32 Å². The highest BCUT2D eigenvalue weighted by Gasteiger charge is 2.21. The van der Waals surface area contributed by atoms with Crippen LogP contribution in [0.4, 0.5) is 0 Å². The zero-order chi connectivity index (χ0) is 13.5. The average molecular weight is 253 g/mol. The molecule has 0 aromatic carbocycles. The number of carboxylic acids is 1. The number of carbonyl (C=O) groups is 2. The van der Waals surface area contributed by atoms with Crippen molar-refractivity contribution < 1.29 is 19.1 Å². The van der Waals surface area contributed by atoms with Crippen molar-refractivity contribution in [1.29, 1.82) is 0 Å². The van der Waals surface area contributed by atoms with Gasteiger partial charge in [-0.1, -0.05) is 26.7 Å². The second-order valence-corrected chi connectivity index (χ2v) is 4.13. The molecule has 0 saturated carbocycles. The molecular weight excluding hydrogens is 234 g/mol. The second kappa shape index (κ2) is 6.83. The standard InChI is InChI=1S/C13H19NO4/c1-3-5-6-10(13(16)17)14-12(15)11-8-7-9(4-2)18-11/h7-8,10H,3-6H2,1-2H3,(H,14,15)(H,16,17)/t10-/m0/s1. The Morgan fingerprint density at radius 1 is 1.39 bits per heavy atom. The number of furan rings is 1. The molecule has 1 amide bonds. The first-order valence-corrected chi connectivity index (χ1v) is 6.20. The largest absolute Gasteiger partial charge is 0.480 e. The highest BCUT2D eigenvalue weighted by molar-refractivity contribution is 5.94. The first kappa shape index (κ1) is 14.3.